The van der Waals surface area contributed by atoms with Crippen molar-refractivity contribution in [3.63, 3.8) is 0 Å². The monoisotopic (exact) mass is 577 g/mol. The summed E-state index contributed by atoms with van der Waals surface area (Å²) in [5.41, 5.74) is 2.41. The molecule has 218 valence electrons. The number of carboxylic acids is 1. The van der Waals surface area contributed by atoms with Gasteiger partial charge >= 0.3 is 12.1 Å². The fraction of sp³-hybridized carbons (Fsp3) is 0.312. The van der Waals surface area contributed by atoms with E-state index in [-0.39, 0.29) is 17.2 Å². The number of anilines is 1. The number of aromatic carboxylic acids is 1. The molecule has 2 aliphatic heterocycles. The highest BCUT2D eigenvalue weighted by molar-refractivity contribution is 5.98. The zero-order valence-electron chi connectivity index (χ0n) is 23.2. The van der Waals surface area contributed by atoms with Crippen LogP contribution in [-0.4, -0.2) is 51.9 Å². The van der Waals surface area contributed by atoms with E-state index in [1.807, 2.05) is 26.1 Å². The second-order valence-corrected chi connectivity index (χ2v) is 11.4. The van der Waals surface area contributed by atoms with Crippen molar-refractivity contribution in [2.45, 2.75) is 44.9 Å². The predicted octanol–water partition coefficient (Wildman–Crippen LogP) is 7.00. The largest absolute Gasteiger partial charge is 0.478 e. The Morgan fingerprint density at radius 2 is 1.67 bits per heavy atom. The molecule has 2 aliphatic rings. The summed E-state index contributed by atoms with van der Waals surface area (Å²) in [5.74, 6) is -4.19. The average molecular weight is 578 g/mol. The van der Waals surface area contributed by atoms with Crippen molar-refractivity contribution in [3.05, 3.63) is 89.4 Å². The number of fused-ring (bicyclic) bond motifs is 1. The lowest BCUT2D eigenvalue weighted by Crippen LogP contribution is -2.46. The Hall–Kier alpha value is -4.31. The first-order chi connectivity index (χ1) is 20.0. The molecule has 7 nitrogen and oxygen atoms in total. The van der Waals surface area contributed by atoms with E-state index in [9.17, 15) is 22.8 Å². The molecule has 10 heteroatoms. The molecule has 0 aliphatic carbocycles. The van der Waals surface area contributed by atoms with Gasteiger partial charge in [0, 0.05) is 72.9 Å². The second-order valence-electron chi connectivity index (χ2n) is 11.4. The lowest BCUT2D eigenvalue weighted by Gasteiger charge is -2.37. The average Bonchev–Trinajstić information content (AvgIpc) is 3.49. The van der Waals surface area contributed by atoms with Crippen molar-refractivity contribution in [2.24, 2.45) is 0 Å². The fourth-order valence-corrected chi connectivity index (χ4v) is 6.12. The van der Waals surface area contributed by atoms with Crippen molar-refractivity contribution < 1.29 is 32.6 Å². The van der Waals surface area contributed by atoms with Gasteiger partial charge in [-0.2, -0.15) is 0 Å². The number of amides is 1. The molecule has 6 rings (SSSR count). The van der Waals surface area contributed by atoms with E-state index in [1.54, 1.807) is 29.2 Å². The van der Waals surface area contributed by atoms with Gasteiger partial charge in [0.25, 0.3) is 0 Å². The molecule has 0 atom stereocenters. The van der Waals surface area contributed by atoms with Crippen molar-refractivity contribution in [2.75, 3.05) is 24.5 Å². The van der Waals surface area contributed by atoms with Crippen LogP contribution in [0, 0.1) is 17.5 Å². The van der Waals surface area contributed by atoms with Crippen molar-refractivity contribution in [3.8, 4) is 11.1 Å². The number of likely N-dealkylation sites (tertiary alicyclic amines) is 1. The number of aromatic nitrogens is 1. The summed E-state index contributed by atoms with van der Waals surface area (Å²) in [6.07, 6.45) is 2.80. The van der Waals surface area contributed by atoms with Gasteiger partial charge in [-0.1, -0.05) is 12.1 Å². The first-order valence-corrected chi connectivity index (χ1v) is 13.9. The van der Waals surface area contributed by atoms with Crippen LogP contribution in [-0.2, 0) is 11.3 Å². The molecule has 0 radical (unpaired) electrons. The van der Waals surface area contributed by atoms with E-state index >= 15 is 0 Å². The number of hydrogen-bond acceptors (Lipinski definition) is 4. The Balaban J connectivity index is 1.24. The molecule has 3 aromatic carbocycles. The lowest BCUT2D eigenvalue weighted by molar-refractivity contribution is -0.000899. The van der Waals surface area contributed by atoms with E-state index in [0.29, 0.717) is 56.3 Å². The van der Waals surface area contributed by atoms with Crippen LogP contribution in [0.4, 0.5) is 23.7 Å². The van der Waals surface area contributed by atoms with Crippen molar-refractivity contribution >= 4 is 28.7 Å². The van der Waals surface area contributed by atoms with Crippen LogP contribution < -0.4 is 4.90 Å². The van der Waals surface area contributed by atoms with Crippen LogP contribution in [0.3, 0.4) is 0 Å². The van der Waals surface area contributed by atoms with Gasteiger partial charge in [-0.15, -0.1) is 0 Å². The molecule has 3 heterocycles. The minimum atomic E-state index is -1.23. The second kappa shape index (κ2) is 10.5. The molecule has 1 N–H and O–H groups in total. The zero-order valence-corrected chi connectivity index (χ0v) is 23.2. The lowest BCUT2D eigenvalue weighted by atomic mass is 9.90. The number of ether oxygens (including phenoxy) is 1. The van der Waals surface area contributed by atoms with Crippen LogP contribution in [0.1, 0.15) is 48.7 Å². The van der Waals surface area contributed by atoms with Gasteiger partial charge in [0.1, 0.15) is 11.4 Å². The van der Waals surface area contributed by atoms with E-state index in [1.165, 1.54) is 12.1 Å². The topological polar surface area (TPSA) is 75.0 Å². The Bertz CT molecular complexity index is 1690. The summed E-state index contributed by atoms with van der Waals surface area (Å²) >= 11 is 0. The molecule has 4 aromatic rings. The third-order valence-electron chi connectivity index (χ3n) is 8.35. The molecule has 0 saturated carbocycles. The number of carboxylic acid groups (broad SMARTS) is 1. The Kier molecular flexibility index (Phi) is 6.97. The quantitative estimate of drug-likeness (QED) is 0.250. The standard InChI is InChI=1S/C32H30F3N3O4/c1-19(2)37-17-21(29-23(4-3-5-28(29)37)24-14-26(34)27(35)15-25(24)33)16-36-12-10-32(11-13-36)18-38(31(41)42-32)22-8-6-20(7-9-22)30(39)40/h3-9,14-15,17,19H,10-13,16,18H2,1-2H3,(H,39,40). The van der Waals surface area contributed by atoms with Gasteiger partial charge in [0.05, 0.1) is 12.1 Å². The predicted molar refractivity (Wildman–Crippen MR) is 152 cm³/mol. The van der Waals surface area contributed by atoms with Crippen molar-refractivity contribution in [1.29, 1.82) is 0 Å². The highest BCUT2D eigenvalue weighted by Crippen LogP contribution is 2.39. The third kappa shape index (κ3) is 4.89. The van der Waals surface area contributed by atoms with Crippen LogP contribution in [0.2, 0.25) is 0 Å². The number of carbonyl (C=O) groups is 2. The summed E-state index contributed by atoms with van der Waals surface area (Å²) in [5, 5.41) is 9.95. The number of piperidine rings is 1. The molecule has 0 bridgehead atoms. The summed E-state index contributed by atoms with van der Waals surface area (Å²) < 4.78 is 50.8. The highest BCUT2D eigenvalue weighted by atomic mass is 19.2. The van der Waals surface area contributed by atoms with Crippen LogP contribution in [0.25, 0.3) is 22.0 Å². The van der Waals surface area contributed by atoms with Gasteiger partial charge < -0.3 is 14.4 Å². The molecule has 1 spiro atoms. The summed E-state index contributed by atoms with van der Waals surface area (Å²) in [6, 6.07) is 13.2. The Morgan fingerprint density at radius 1 is 0.976 bits per heavy atom. The molecular weight excluding hydrogens is 547 g/mol. The minimum Gasteiger partial charge on any atom is -0.478 e. The maximum atomic E-state index is 14.9. The van der Waals surface area contributed by atoms with Crippen molar-refractivity contribution in [1.82, 2.24) is 9.47 Å². The van der Waals surface area contributed by atoms with Gasteiger partial charge in [-0.3, -0.25) is 9.80 Å². The number of carbonyl (C=O) groups excluding carboxylic acids is 1. The van der Waals surface area contributed by atoms with Gasteiger partial charge in [-0.05, 0) is 61.4 Å². The van der Waals surface area contributed by atoms with Crippen LogP contribution in [0.5, 0.6) is 0 Å². The minimum absolute atomic E-state index is 0.00852. The molecule has 42 heavy (non-hydrogen) atoms. The van der Waals surface area contributed by atoms with Gasteiger partial charge in [0.2, 0.25) is 0 Å². The first kappa shape index (κ1) is 27.8. The molecule has 2 fully saturated rings. The smallest absolute Gasteiger partial charge is 0.415 e. The first-order valence-electron chi connectivity index (χ1n) is 13.9. The summed E-state index contributed by atoms with van der Waals surface area (Å²) in [7, 11) is 0. The fourth-order valence-electron chi connectivity index (χ4n) is 6.12. The van der Waals surface area contributed by atoms with Gasteiger partial charge in [-0.25, -0.2) is 22.8 Å². The zero-order chi connectivity index (χ0) is 29.8. The summed E-state index contributed by atoms with van der Waals surface area (Å²) in [6.45, 7) is 6.31. The highest BCUT2D eigenvalue weighted by Gasteiger charge is 2.47. The van der Waals surface area contributed by atoms with E-state index in [4.69, 9.17) is 9.84 Å². The number of rotatable bonds is 6. The number of benzene rings is 3. The maximum Gasteiger partial charge on any atom is 0.415 e. The molecular formula is C32H30F3N3O4. The number of halogens is 3. The van der Waals surface area contributed by atoms with Crippen LogP contribution >= 0.6 is 0 Å². The molecule has 0 unspecified atom stereocenters. The Labute approximate surface area is 240 Å². The Morgan fingerprint density at radius 3 is 2.33 bits per heavy atom. The molecule has 1 aromatic heterocycles. The van der Waals surface area contributed by atoms with E-state index < -0.39 is 35.1 Å². The van der Waals surface area contributed by atoms with Crippen LogP contribution in [0.15, 0.2) is 60.8 Å². The maximum absolute atomic E-state index is 14.9. The SMILES string of the molecule is CC(C)n1cc(CN2CCC3(CC2)CN(c2ccc(C(=O)O)cc2)C(=O)O3)c2c(-c3cc(F)c(F)cc3F)cccc21. The molecule has 1 amide bonds. The van der Waals surface area contributed by atoms with E-state index in [2.05, 4.69) is 9.47 Å². The third-order valence-corrected chi connectivity index (χ3v) is 8.35. The summed E-state index contributed by atoms with van der Waals surface area (Å²) in [4.78, 5) is 27.8. The normalized spacial score (nSPS) is 17.0. The number of nitrogens with zero attached hydrogens (tertiary/aromatic N) is 3. The van der Waals surface area contributed by atoms with Gasteiger partial charge in [0.15, 0.2) is 11.6 Å². The molecule has 2 saturated heterocycles. The number of hydrogen-bond donors (Lipinski definition) is 1. The van der Waals surface area contributed by atoms with E-state index in [0.717, 1.165) is 22.5 Å².